The molecule has 0 spiro atoms. The van der Waals surface area contributed by atoms with Crippen LogP contribution in [-0.2, 0) is 9.47 Å². The third-order valence-corrected chi connectivity index (χ3v) is 4.08. The molecule has 1 aliphatic heterocycles. The molecule has 1 fully saturated rings. The highest BCUT2D eigenvalue weighted by molar-refractivity contribution is 6.35. The van der Waals surface area contributed by atoms with E-state index in [1.165, 1.54) is 0 Å². The molecule has 1 aromatic rings. The lowest BCUT2D eigenvalue weighted by atomic mass is 10.1. The minimum atomic E-state index is -0.479. The van der Waals surface area contributed by atoms with Crippen molar-refractivity contribution >= 4 is 23.2 Å². The van der Waals surface area contributed by atoms with E-state index in [4.69, 9.17) is 32.7 Å². The van der Waals surface area contributed by atoms with Crippen LogP contribution in [0.25, 0.3) is 0 Å². The number of rotatable bonds is 3. The number of ether oxygens (including phenoxy) is 2. The zero-order valence-electron chi connectivity index (χ0n) is 10.9. The monoisotopic (exact) mass is 288 g/mol. The van der Waals surface area contributed by atoms with Gasteiger partial charge in [0.25, 0.3) is 0 Å². The highest BCUT2D eigenvalue weighted by Crippen LogP contribution is 2.44. The fraction of sp³-hybridized carbons (Fsp3) is 0.571. The van der Waals surface area contributed by atoms with Crippen molar-refractivity contribution in [3.05, 3.63) is 33.8 Å². The minimum Gasteiger partial charge on any atom is -0.344 e. The third-order valence-electron chi connectivity index (χ3n) is 3.52. The fourth-order valence-corrected chi connectivity index (χ4v) is 2.90. The first-order valence-electron chi connectivity index (χ1n) is 6.32. The molecule has 0 amide bonds. The first-order valence-corrected chi connectivity index (χ1v) is 7.07. The van der Waals surface area contributed by atoms with Gasteiger partial charge in [-0.25, -0.2) is 0 Å². The molecule has 1 aliphatic rings. The molecule has 2 nitrogen and oxygen atoms in total. The van der Waals surface area contributed by atoms with Crippen molar-refractivity contribution in [1.29, 1.82) is 0 Å². The first-order chi connectivity index (χ1) is 8.51. The average Bonchev–Trinajstić information content (AvgIpc) is 2.67. The Morgan fingerprint density at radius 2 is 1.83 bits per heavy atom. The van der Waals surface area contributed by atoms with Crippen LogP contribution in [0.5, 0.6) is 0 Å². The zero-order valence-corrected chi connectivity index (χ0v) is 12.4. The molecule has 2 rings (SSSR count). The van der Waals surface area contributed by atoms with Gasteiger partial charge >= 0.3 is 0 Å². The lowest BCUT2D eigenvalue weighted by Crippen LogP contribution is -2.28. The summed E-state index contributed by atoms with van der Waals surface area (Å²) >= 11 is 12.1. The average molecular weight is 289 g/mol. The van der Waals surface area contributed by atoms with Crippen molar-refractivity contribution in [2.45, 2.75) is 51.6 Å². The van der Waals surface area contributed by atoms with Gasteiger partial charge in [0.2, 0.25) is 0 Å². The van der Waals surface area contributed by atoms with Gasteiger partial charge < -0.3 is 9.47 Å². The molecule has 0 aliphatic carbocycles. The Balaban J connectivity index is 2.29. The number of hydrogen-bond donors (Lipinski definition) is 0. The summed E-state index contributed by atoms with van der Waals surface area (Å²) in [5.74, 6) is -0.479. The Kier molecular flexibility index (Phi) is 4.22. The van der Waals surface area contributed by atoms with Gasteiger partial charge in [-0.2, -0.15) is 0 Å². The normalized spacial score (nSPS) is 26.5. The maximum absolute atomic E-state index is 6.23. The smallest absolute Gasteiger partial charge is 0.169 e. The molecule has 0 aromatic heterocycles. The van der Waals surface area contributed by atoms with E-state index in [9.17, 15) is 0 Å². The van der Waals surface area contributed by atoms with E-state index < -0.39 is 5.79 Å². The van der Waals surface area contributed by atoms with Crippen LogP contribution in [-0.4, -0.2) is 11.9 Å². The highest BCUT2D eigenvalue weighted by Gasteiger charge is 2.44. The van der Waals surface area contributed by atoms with E-state index in [-0.39, 0.29) is 12.2 Å². The van der Waals surface area contributed by atoms with Crippen molar-refractivity contribution in [2.24, 2.45) is 0 Å². The summed E-state index contributed by atoms with van der Waals surface area (Å²) in [6.07, 6.45) is 1.52. The Morgan fingerprint density at radius 3 is 2.33 bits per heavy atom. The molecule has 0 bridgehead atoms. The van der Waals surface area contributed by atoms with Gasteiger partial charge in [0.15, 0.2) is 5.79 Å². The fourth-order valence-electron chi connectivity index (χ4n) is 2.39. The van der Waals surface area contributed by atoms with Crippen LogP contribution in [0.1, 0.15) is 45.3 Å². The highest BCUT2D eigenvalue weighted by atomic mass is 35.5. The maximum atomic E-state index is 6.23. The largest absolute Gasteiger partial charge is 0.344 e. The molecule has 18 heavy (non-hydrogen) atoms. The molecule has 0 radical (unpaired) electrons. The van der Waals surface area contributed by atoms with Gasteiger partial charge in [0, 0.05) is 15.6 Å². The second-order valence-electron chi connectivity index (χ2n) is 4.65. The third kappa shape index (κ3) is 2.53. The van der Waals surface area contributed by atoms with Gasteiger partial charge in [-0.15, -0.1) is 0 Å². The predicted octanol–water partition coefficient (Wildman–Crippen LogP) is 4.99. The summed E-state index contributed by atoms with van der Waals surface area (Å²) in [6, 6.07) is 5.49. The summed E-state index contributed by atoms with van der Waals surface area (Å²) in [7, 11) is 0. The molecule has 0 unspecified atom stereocenters. The quantitative estimate of drug-likeness (QED) is 0.780. The summed E-state index contributed by atoms with van der Waals surface area (Å²) in [5.41, 5.74) is 0.942. The number of hydrogen-bond acceptors (Lipinski definition) is 2. The first kappa shape index (κ1) is 14.1. The summed E-state index contributed by atoms with van der Waals surface area (Å²) < 4.78 is 12.1. The van der Waals surface area contributed by atoms with Crippen LogP contribution in [0.15, 0.2) is 18.2 Å². The minimum absolute atomic E-state index is 0.0106. The van der Waals surface area contributed by atoms with Crippen LogP contribution in [0, 0.1) is 0 Å². The molecule has 1 aromatic carbocycles. The van der Waals surface area contributed by atoms with Gasteiger partial charge in [-0.1, -0.05) is 43.1 Å². The van der Waals surface area contributed by atoms with Gasteiger partial charge in [-0.05, 0) is 31.9 Å². The van der Waals surface area contributed by atoms with Gasteiger partial charge in [-0.3, -0.25) is 0 Å². The Hall–Kier alpha value is -0.280. The van der Waals surface area contributed by atoms with E-state index >= 15 is 0 Å². The number of halogens is 2. The van der Waals surface area contributed by atoms with E-state index in [1.807, 2.05) is 19.1 Å². The van der Waals surface area contributed by atoms with E-state index in [0.717, 1.165) is 18.4 Å². The molecule has 100 valence electrons. The van der Waals surface area contributed by atoms with Crippen LogP contribution < -0.4 is 0 Å². The van der Waals surface area contributed by atoms with Crippen LogP contribution >= 0.6 is 23.2 Å². The molecule has 2 atom stereocenters. The van der Waals surface area contributed by atoms with Crippen LogP contribution in [0.3, 0.4) is 0 Å². The molecule has 1 heterocycles. The number of benzene rings is 1. The summed E-state index contributed by atoms with van der Waals surface area (Å²) in [6.45, 7) is 6.16. The molecule has 0 saturated carbocycles. The molecular formula is C14H18Cl2O2. The Labute approximate surface area is 118 Å². The Bertz CT molecular complexity index is 430. The zero-order chi connectivity index (χ0) is 13.3. The topological polar surface area (TPSA) is 18.5 Å². The molecule has 1 saturated heterocycles. The van der Waals surface area contributed by atoms with Gasteiger partial charge in [0.1, 0.15) is 6.10 Å². The van der Waals surface area contributed by atoms with Crippen molar-refractivity contribution in [3.8, 4) is 0 Å². The summed E-state index contributed by atoms with van der Waals surface area (Å²) in [5, 5.41) is 1.26. The van der Waals surface area contributed by atoms with Crippen molar-refractivity contribution < 1.29 is 9.47 Å². The molecular weight excluding hydrogens is 271 g/mol. The summed E-state index contributed by atoms with van der Waals surface area (Å²) in [4.78, 5) is 0. The van der Waals surface area contributed by atoms with Crippen LogP contribution in [0.4, 0.5) is 0 Å². The van der Waals surface area contributed by atoms with Crippen molar-refractivity contribution in [1.82, 2.24) is 0 Å². The van der Waals surface area contributed by atoms with Crippen molar-refractivity contribution in [2.75, 3.05) is 0 Å². The standard InChI is InChI=1S/C14H18Cl2O2/c1-4-14(5-2)17-9(3)13(18-14)11-7-6-10(15)8-12(11)16/h6-9,13H,4-5H2,1-3H3/t9-,13-/m1/s1. The van der Waals surface area contributed by atoms with Crippen molar-refractivity contribution in [3.63, 3.8) is 0 Å². The lowest BCUT2D eigenvalue weighted by molar-refractivity contribution is -0.178. The van der Waals surface area contributed by atoms with Crippen LogP contribution in [0.2, 0.25) is 10.0 Å². The van der Waals surface area contributed by atoms with E-state index in [0.29, 0.717) is 10.0 Å². The molecule has 0 N–H and O–H groups in total. The van der Waals surface area contributed by atoms with E-state index in [2.05, 4.69) is 13.8 Å². The SMILES string of the molecule is CCC1(CC)O[C@H](C)[C@H](c2ccc(Cl)cc2Cl)O1. The molecule has 4 heteroatoms. The Morgan fingerprint density at radius 1 is 1.17 bits per heavy atom. The predicted molar refractivity (Wildman–Crippen MR) is 74.1 cm³/mol. The van der Waals surface area contributed by atoms with E-state index in [1.54, 1.807) is 6.07 Å². The second kappa shape index (κ2) is 5.38. The lowest BCUT2D eigenvalue weighted by Gasteiger charge is -2.25. The maximum Gasteiger partial charge on any atom is 0.169 e. The van der Waals surface area contributed by atoms with Gasteiger partial charge in [0.05, 0.1) is 6.10 Å². The second-order valence-corrected chi connectivity index (χ2v) is 5.49.